The third-order valence-corrected chi connectivity index (χ3v) is 5.12. The normalized spacial score (nSPS) is 31.4. The van der Waals surface area contributed by atoms with Crippen molar-refractivity contribution >= 4 is 6.03 Å². The number of rotatable bonds is 6. The number of nitrogens with one attached hydrogen (secondary N) is 2. The van der Waals surface area contributed by atoms with Crippen LogP contribution in [0, 0.1) is 5.41 Å². The summed E-state index contributed by atoms with van der Waals surface area (Å²) in [5.41, 5.74) is -0.159. The highest BCUT2D eigenvalue weighted by Gasteiger charge is 2.39. The van der Waals surface area contributed by atoms with Crippen molar-refractivity contribution in [2.75, 3.05) is 20.2 Å². The second-order valence-electron chi connectivity index (χ2n) is 6.86. The van der Waals surface area contributed by atoms with E-state index < -0.39 is 0 Å². The zero-order valence-corrected chi connectivity index (χ0v) is 13.0. The summed E-state index contributed by atoms with van der Waals surface area (Å²) in [6, 6.07) is 1.06. The van der Waals surface area contributed by atoms with Crippen molar-refractivity contribution < 1.29 is 9.90 Å². The standard InChI is InChI=1S/C15H29N3O2/c1-11(18(3)12-6-7-12)9-16-14(20)17-13-5-4-8-15(13,2)10-19/h11-13,19H,4-10H2,1-3H3,(H2,16,17,20). The molecular weight excluding hydrogens is 254 g/mol. The molecule has 5 heteroatoms. The van der Waals surface area contributed by atoms with E-state index in [0.29, 0.717) is 18.6 Å². The Morgan fingerprint density at radius 3 is 2.75 bits per heavy atom. The highest BCUT2D eigenvalue weighted by molar-refractivity contribution is 5.74. The molecule has 3 N–H and O–H groups in total. The van der Waals surface area contributed by atoms with Crippen molar-refractivity contribution in [3.05, 3.63) is 0 Å². The molecule has 0 aliphatic heterocycles. The molecule has 3 atom stereocenters. The van der Waals surface area contributed by atoms with Crippen molar-refractivity contribution in [3.63, 3.8) is 0 Å². The lowest BCUT2D eigenvalue weighted by molar-refractivity contribution is 0.120. The predicted molar refractivity (Wildman–Crippen MR) is 79.6 cm³/mol. The van der Waals surface area contributed by atoms with Gasteiger partial charge in [-0.2, -0.15) is 0 Å². The lowest BCUT2D eigenvalue weighted by Crippen LogP contribution is -2.51. The largest absolute Gasteiger partial charge is 0.396 e. The minimum Gasteiger partial charge on any atom is -0.396 e. The number of carbonyl (C=O) groups excluding carboxylic acids is 1. The van der Waals surface area contributed by atoms with Gasteiger partial charge in [0.05, 0.1) is 6.61 Å². The summed E-state index contributed by atoms with van der Waals surface area (Å²) in [5, 5.41) is 15.5. The van der Waals surface area contributed by atoms with Crippen LogP contribution in [-0.4, -0.2) is 54.4 Å². The second-order valence-corrected chi connectivity index (χ2v) is 6.86. The molecule has 0 radical (unpaired) electrons. The number of hydrogen-bond acceptors (Lipinski definition) is 3. The van der Waals surface area contributed by atoms with Crippen LogP contribution in [0.3, 0.4) is 0 Å². The smallest absolute Gasteiger partial charge is 0.315 e. The molecule has 2 fully saturated rings. The number of aliphatic hydroxyl groups is 1. The molecule has 2 saturated carbocycles. The summed E-state index contributed by atoms with van der Waals surface area (Å²) >= 11 is 0. The van der Waals surface area contributed by atoms with Crippen LogP contribution in [0.4, 0.5) is 4.79 Å². The number of likely N-dealkylation sites (N-methyl/N-ethyl adjacent to an activating group) is 1. The molecule has 3 unspecified atom stereocenters. The fourth-order valence-corrected chi connectivity index (χ4v) is 3.10. The van der Waals surface area contributed by atoms with Gasteiger partial charge < -0.3 is 15.7 Å². The number of urea groups is 1. The van der Waals surface area contributed by atoms with E-state index in [1.165, 1.54) is 12.8 Å². The van der Waals surface area contributed by atoms with Gasteiger partial charge in [0, 0.05) is 30.1 Å². The highest BCUT2D eigenvalue weighted by atomic mass is 16.3. The molecule has 2 amide bonds. The fraction of sp³-hybridized carbons (Fsp3) is 0.933. The van der Waals surface area contributed by atoms with Gasteiger partial charge in [-0.3, -0.25) is 4.90 Å². The van der Waals surface area contributed by atoms with E-state index >= 15 is 0 Å². The molecule has 0 heterocycles. The van der Waals surface area contributed by atoms with Crippen LogP contribution in [0.5, 0.6) is 0 Å². The molecule has 2 aliphatic rings. The van der Waals surface area contributed by atoms with Crippen molar-refractivity contribution in [3.8, 4) is 0 Å². The van der Waals surface area contributed by atoms with Crippen molar-refractivity contribution in [1.29, 1.82) is 0 Å². The zero-order valence-electron chi connectivity index (χ0n) is 13.0. The summed E-state index contributed by atoms with van der Waals surface area (Å²) in [6.07, 6.45) is 5.58. The highest BCUT2D eigenvalue weighted by Crippen LogP contribution is 2.37. The lowest BCUT2D eigenvalue weighted by Gasteiger charge is -2.30. The van der Waals surface area contributed by atoms with Gasteiger partial charge in [0.15, 0.2) is 0 Å². The van der Waals surface area contributed by atoms with Crippen LogP contribution < -0.4 is 10.6 Å². The van der Waals surface area contributed by atoms with Crippen molar-refractivity contribution in [2.24, 2.45) is 5.41 Å². The van der Waals surface area contributed by atoms with E-state index in [4.69, 9.17) is 0 Å². The molecule has 0 aromatic carbocycles. The average Bonchev–Trinajstić information content (AvgIpc) is 3.21. The summed E-state index contributed by atoms with van der Waals surface area (Å²) in [6.45, 7) is 5.00. The maximum absolute atomic E-state index is 12.0. The molecule has 0 spiro atoms. The van der Waals surface area contributed by atoms with Gasteiger partial charge in [0.1, 0.15) is 0 Å². The van der Waals surface area contributed by atoms with E-state index in [0.717, 1.165) is 19.3 Å². The summed E-state index contributed by atoms with van der Waals surface area (Å²) in [5.74, 6) is 0. The molecule has 116 valence electrons. The molecular formula is C15H29N3O2. The van der Waals surface area contributed by atoms with Gasteiger partial charge in [0.2, 0.25) is 0 Å². The first-order valence-electron chi connectivity index (χ1n) is 7.83. The van der Waals surface area contributed by atoms with Gasteiger partial charge in [-0.15, -0.1) is 0 Å². The predicted octanol–water partition coefficient (Wildman–Crippen LogP) is 1.32. The Morgan fingerprint density at radius 1 is 1.45 bits per heavy atom. The number of hydrogen-bond donors (Lipinski definition) is 3. The Bertz CT molecular complexity index is 346. The SMILES string of the molecule is CC(CNC(=O)NC1CCCC1(C)CO)N(C)C1CC1. The van der Waals surface area contributed by atoms with E-state index in [1.54, 1.807) is 0 Å². The van der Waals surface area contributed by atoms with E-state index in [2.05, 4.69) is 36.4 Å². The Balaban J connectivity index is 1.72. The fourth-order valence-electron chi connectivity index (χ4n) is 3.10. The Morgan fingerprint density at radius 2 is 2.15 bits per heavy atom. The van der Waals surface area contributed by atoms with Gasteiger partial charge in [-0.05, 0) is 39.7 Å². The molecule has 0 saturated heterocycles. The molecule has 20 heavy (non-hydrogen) atoms. The molecule has 2 aliphatic carbocycles. The van der Waals surface area contributed by atoms with Gasteiger partial charge in [-0.1, -0.05) is 13.3 Å². The lowest BCUT2D eigenvalue weighted by atomic mass is 9.86. The Hall–Kier alpha value is -0.810. The van der Waals surface area contributed by atoms with E-state index in [9.17, 15) is 9.90 Å². The van der Waals surface area contributed by atoms with E-state index in [1.807, 2.05) is 0 Å². The first-order valence-corrected chi connectivity index (χ1v) is 7.83. The van der Waals surface area contributed by atoms with Gasteiger partial charge >= 0.3 is 6.03 Å². The first kappa shape index (κ1) is 15.6. The average molecular weight is 283 g/mol. The van der Waals surface area contributed by atoms with Crippen LogP contribution in [-0.2, 0) is 0 Å². The Kier molecular flexibility index (Phi) is 4.91. The van der Waals surface area contributed by atoms with E-state index in [-0.39, 0.29) is 24.1 Å². The summed E-state index contributed by atoms with van der Waals surface area (Å²) in [4.78, 5) is 14.3. The maximum atomic E-state index is 12.0. The van der Waals surface area contributed by atoms with Crippen LogP contribution in [0.15, 0.2) is 0 Å². The van der Waals surface area contributed by atoms with Gasteiger partial charge in [0.25, 0.3) is 0 Å². The van der Waals surface area contributed by atoms with Crippen LogP contribution in [0.25, 0.3) is 0 Å². The maximum Gasteiger partial charge on any atom is 0.315 e. The third kappa shape index (κ3) is 3.64. The first-order chi connectivity index (χ1) is 9.46. The molecule has 0 bridgehead atoms. The molecule has 0 aromatic rings. The molecule has 2 rings (SSSR count). The van der Waals surface area contributed by atoms with Crippen LogP contribution >= 0.6 is 0 Å². The number of amides is 2. The molecule has 5 nitrogen and oxygen atoms in total. The number of aliphatic hydroxyl groups excluding tert-OH is 1. The van der Waals surface area contributed by atoms with Crippen LogP contribution in [0.1, 0.15) is 46.0 Å². The van der Waals surface area contributed by atoms with Crippen molar-refractivity contribution in [1.82, 2.24) is 15.5 Å². The second kappa shape index (κ2) is 6.31. The minimum atomic E-state index is -0.159. The van der Waals surface area contributed by atoms with Crippen molar-refractivity contribution in [2.45, 2.75) is 64.1 Å². The summed E-state index contributed by atoms with van der Waals surface area (Å²) in [7, 11) is 2.13. The third-order valence-electron chi connectivity index (χ3n) is 5.12. The number of nitrogens with zero attached hydrogens (tertiary/aromatic N) is 1. The quantitative estimate of drug-likeness (QED) is 0.689. The summed E-state index contributed by atoms with van der Waals surface area (Å²) < 4.78 is 0. The monoisotopic (exact) mass is 283 g/mol. The minimum absolute atomic E-state index is 0.0870. The number of carbonyl (C=O) groups is 1. The van der Waals surface area contributed by atoms with Crippen LogP contribution in [0.2, 0.25) is 0 Å². The van der Waals surface area contributed by atoms with Gasteiger partial charge in [-0.25, -0.2) is 4.79 Å². The Labute approximate surface area is 122 Å². The molecule has 0 aromatic heterocycles. The zero-order chi connectivity index (χ0) is 14.8. The topological polar surface area (TPSA) is 64.6 Å².